The molecule has 6 nitrogen and oxygen atoms in total. The Bertz CT molecular complexity index is 687. The first-order valence-corrected chi connectivity index (χ1v) is 8.65. The van der Waals surface area contributed by atoms with E-state index >= 15 is 0 Å². The average Bonchev–Trinajstić information content (AvgIpc) is 2.96. The number of hydrogen-bond acceptors (Lipinski definition) is 4. The maximum absolute atomic E-state index is 12.2. The molecule has 0 saturated carbocycles. The van der Waals surface area contributed by atoms with Crippen LogP contribution >= 0.6 is 15.9 Å². The van der Waals surface area contributed by atoms with Gasteiger partial charge >= 0.3 is 0 Å². The van der Waals surface area contributed by atoms with Crippen molar-refractivity contribution in [2.24, 2.45) is 0 Å². The Labute approximate surface area is 132 Å². The third kappa shape index (κ3) is 4.37. The van der Waals surface area contributed by atoms with Gasteiger partial charge in [-0.1, -0.05) is 6.07 Å². The molecule has 2 rings (SSSR count). The number of nitrogens with one attached hydrogen (secondary N) is 1. The highest BCUT2D eigenvalue weighted by Gasteiger charge is 2.17. The number of benzene rings is 1. The fourth-order valence-corrected chi connectivity index (χ4v) is 4.02. The molecule has 1 aromatic heterocycles. The molecule has 0 amide bonds. The Morgan fingerprint density at radius 1 is 1.38 bits per heavy atom. The topological polar surface area (TPSA) is 84.2 Å². The van der Waals surface area contributed by atoms with Crippen molar-refractivity contribution in [3.8, 4) is 0 Å². The van der Waals surface area contributed by atoms with E-state index in [1.165, 1.54) is 6.07 Å². The largest absolute Gasteiger partial charge is 0.392 e. The highest BCUT2D eigenvalue weighted by Crippen LogP contribution is 2.23. The molecule has 1 heterocycles. The number of aromatic nitrogens is 2. The second-order valence-electron chi connectivity index (χ2n) is 4.47. The van der Waals surface area contributed by atoms with Crippen LogP contribution in [-0.2, 0) is 23.2 Å². The quantitative estimate of drug-likeness (QED) is 0.720. The lowest BCUT2D eigenvalue weighted by atomic mass is 10.2. The molecule has 1 aromatic carbocycles. The first-order valence-electron chi connectivity index (χ1n) is 6.37. The van der Waals surface area contributed by atoms with Gasteiger partial charge in [0.2, 0.25) is 10.0 Å². The fraction of sp³-hybridized carbons (Fsp3) is 0.308. The van der Waals surface area contributed by atoms with Crippen LogP contribution in [0.4, 0.5) is 0 Å². The molecule has 114 valence electrons. The highest BCUT2D eigenvalue weighted by atomic mass is 79.9. The lowest BCUT2D eigenvalue weighted by Crippen LogP contribution is -2.25. The van der Waals surface area contributed by atoms with Gasteiger partial charge in [0, 0.05) is 30.0 Å². The number of rotatable bonds is 7. The molecule has 2 aromatic rings. The van der Waals surface area contributed by atoms with Gasteiger partial charge < -0.3 is 9.67 Å². The Morgan fingerprint density at radius 2 is 2.19 bits per heavy atom. The Kier molecular flexibility index (Phi) is 5.51. The molecular formula is C13H16BrN3O3S. The molecule has 0 spiro atoms. The smallest absolute Gasteiger partial charge is 0.241 e. The molecule has 8 heteroatoms. The van der Waals surface area contributed by atoms with Gasteiger partial charge in [0.25, 0.3) is 0 Å². The normalized spacial score (nSPS) is 11.7. The number of aryl methyl sites for hydroxylation is 1. The maximum atomic E-state index is 12.2. The van der Waals surface area contributed by atoms with Gasteiger partial charge in [0.1, 0.15) is 0 Å². The minimum Gasteiger partial charge on any atom is -0.392 e. The SMILES string of the molecule is O=S(=O)(NCCCn1ccnc1)c1ccc(CO)cc1Br. The summed E-state index contributed by atoms with van der Waals surface area (Å²) in [5, 5.41) is 9.03. The minimum atomic E-state index is -3.56. The fourth-order valence-electron chi connectivity index (χ4n) is 1.83. The molecule has 0 saturated heterocycles. The van der Waals surface area contributed by atoms with E-state index in [0.29, 0.717) is 29.5 Å². The molecule has 2 N–H and O–H groups in total. The van der Waals surface area contributed by atoms with Gasteiger partial charge in [-0.25, -0.2) is 18.1 Å². The lowest BCUT2D eigenvalue weighted by molar-refractivity contribution is 0.281. The molecular weight excluding hydrogens is 358 g/mol. The summed E-state index contributed by atoms with van der Waals surface area (Å²) in [6.07, 6.45) is 5.88. The van der Waals surface area contributed by atoms with Gasteiger partial charge in [0.05, 0.1) is 17.8 Å². The van der Waals surface area contributed by atoms with Gasteiger partial charge in [0.15, 0.2) is 0 Å². The van der Waals surface area contributed by atoms with E-state index in [1.807, 2.05) is 10.8 Å². The van der Waals surface area contributed by atoms with Crippen molar-refractivity contribution in [2.45, 2.75) is 24.5 Å². The predicted molar refractivity (Wildman–Crippen MR) is 82.1 cm³/mol. The summed E-state index contributed by atoms with van der Waals surface area (Å²) in [7, 11) is -3.56. The number of sulfonamides is 1. The van der Waals surface area contributed by atoms with Crippen molar-refractivity contribution < 1.29 is 13.5 Å². The van der Waals surface area contributed by atoms with Crippen molar-refractivity contribution in [1.82, 2.24) is 14.3 Å². The molecule has 0 atom stereocenters. The summed E-state index contributed by atoms with van der Waals surface area (Å²) >= 11 is 3.22. The standard InChI is InChI=1S/C13H16BrN3O3S/c14-12-8-11(9-18)2-3-13(12)21(19,20)16-4-1-6-17-7-5-15-10-17/h2-3,5,7-8,10,16,18H,1,4,6,9H2. The monoisotopic (exact) mass is 373 g/mol. The number of halogens is 1. The van der Waals surface area contributed by atoms with Gasteiger partial charge in [-0.05, 0) is 40.0 Å². The third-order valence-electron chi connectivity index (χ3n) is 2.91. The van der Waals surface area contributed by atoms with Crippen molar-refractivity contribution in [3.05, 3.63) is 47.0 Å². The third-order valence-corrected chi connectivity index (χ3v) is 5.35. The van der Waals surface area contributed by atoms with Crippen LogP contribution in [0.25, 0.3) is 0 Å². The van der Waals surface area contributed by atoms with E-state index in [2.05, 4.69) is 25.6 Å². The Morgan fingerprint density at radius 3 is 2.81 bits per heavy atom. The van der Waals surface area contributed by atoms with Crippen molar-refractivity contribution in [3.63, 3.8) is 0 Å². The van der Waals surface area contributed by atoms with Crippen LogP contribution in [0.15, 0.2) is 46.3 Å². The maximum Gasteiger partial charge on any atom is 0.241 e. The first-order chi connectivity index (χ1) is 10.0. The van der Waals surface area contributed by atoms with Crippen LogP contribution < -0.4 is 4.72 Å². The van der Waals surface area contributed by atoms with E-state index in [-0.39, 0.29) is 11.5 Å². The summed E-state index contributed by atoms with van der Waals surface area (Å²) in [5.41, 5.74) is 0.654. The zero-order chi connectivity index (χ0) is 15.3. The van der Waals surface area contributed by atoms with Crippen LogP contribution in [0.1, 0.15) is 12.0 Å². The second kappa shape index (κ2) is 7.17. The summed E-state index contributed by atoms with van der Waals surface area (Å²) < 4.78 is 29.3. The lowest BCUT2D eigenvalue weighted by Gasteiger charge is -2.09. The summed E-state index contributed by atoms with van der Waals surface area (Å²) in [6, 6.07) is 4.67. The average molecular weight is 374 g/mol. The number of aliphatic hydroxyl groups is 1. The van der Waals surface area contributed by atoms with Crippen molar-refractivity contribution in [1.29, 1.82) is 0 Å². The highest BCUT2D eigenvalue weighted by molar-refractivity contribution is 9.10. The van der Waals surface area contributed by atoms with Gasteiger partial charge in [-0.3, -0.25) is 0 Å². The summed E-state index contributed by atoms with van der Waals surface area (Å²) in [5.74, 6) is 0. The summed E-state index contributed by atoms with van der Waals surface area (Å²) in [6.45, 7) is 0.916. The number of nitrogens with zero attached hydrogens (tertiary/aromatic N) is 2. The minimum absolute atomic E-state index is 0.128. The molecule has 0 fully saturated rings. The Balaban J connectivity index is 1.95. The molecule has 21 heavy (non-hydrogen) atoms. The van der Waals surface area contributed by atoms with Crippen molar-refractivity contribution in [2.75, 3.05) is 6.54 Å². The van der Waals surface area contributed by atoms with Crippen LogP contribution in [0.5, 0.6) is 0 Å². The van der Waals surface area contributed by atoms with Crippen LogP contribution in [0.2, 0.25) is 0 Å². The first kappa shape index (κ1) is 16.2. The molecule has 0 aliphatic rings. The van der Waals surface area contributed by atoms with Crippen LogP contribution in [-0.4, -0.2) is 29.6 Å². The van der Waals surface area contributed by atoms with Crippen LogP contribution in [0.3, 0.4) is 0 Å². The zero-order valence-electron chi connectivity index (χ0n) is 11.2. The predicted octanol–water partition coefficient (Wildman–Crippen LogP) is 1.51. The Hall–Kier alpha value is -1.22. The van der Waals surface area contributed by atoms with Crippen molar-refractivity contribution >= 4 is 26.0 Å². The number of imidazole rings is 1. The summed E-state index contributed by atoms with van der Waals surface area (Å²) in [4.78, 5) is 4.09. The van der Waals surface area contributed by atoms with E-state index in [1.54, 1.807) is 24.7 Å². The van der Waals surface area contributed by atoms with Gasteiger partial charge in [-0.15, -0.1) is 0 Å². The molecule has 0 unspecified atom stereocenters. The molecule has 0 radical (unpaired) electrons. The molecule has 0 aliphatic carbocycles. The molecule has 0 bridgehead atoms. The molecule has 0 aliphatic heterocycles. The van der Waals surface area contributed by atoms with Crippen LogP contribution in [0, 0.1) is 0 Å². The van der Waals surface area contributed by atoms with E-state index in [4.69, 9.17) is 5.11 Å². The number of aliphatic hydroxyl groups excluding tert-OH is 1. The van der Waals surface area contributed by atoms with E-state index < -0.39 is 10.0 Å². The number of hydrogen-bond donors (Lipinski definition) is 2. The zero-order valence-corrected chi connectivity index (χ0v) is 13.6. The van der Waals surface area contributed by atoms with E-state index in [9.17, 15) is 8.42 Å². The van der Waals surface area contributed by atoms with E-state index in [0.717, 1.165) is 0 Å². The second-order valence-corrected chi connectivity index (χ2v) is 7.06. The van der Waals surface area contributed by atoms with Gasteiger partial charge in [-0.2, -0.15) is 0 Å².